The van der Waals surface area contributed by atoms with E-state index in [0.717, 1.165) is 83.5 Å². The van der Waals surface area contributed by atoms with E-state index >= 15 is 0 Å². The van der Waals surface area contributed by atoms with E-state index < -0.39 is 49.5 Å². The minimum atomic E-state index is -1.58. The van der Waals surface area contributed by atoms with E-state index in [0.29, 0.717) is 19.4 Å². The number of aliphatic hydroxyl groups excluding tert-OH is 5. The molecule has 11 nitrogen and oxygen atoms in total. The smallest absolute Gasteiger partial charge is 0.305 e. The van der Waals surface area contributed by atoms with Gasteiger partial charge in [0.1, 0.15) is 24.4 Å². The number of esters is 1. The highest BCUT2D eigenvalue weighted by molar-refractivity contribution is 5.76. The molecule has 1 fully saturated rings. The first kappa shape index (κ1) is 89.9. The number of unbranched alkanes of at least 4 members (excludes halogenated alkanes) is 45. The van der Waals surface area contributed by atoms with E-state index in [9.17, 15) is 35.1 Å². The second kappa shape index (κ2) is 72.1. The summed E-state index contributed by atoms with van der Waals surface area (Å²) in [4.78, 5) is 25.2. The molecule has 1 amide bonds. The summed E-state index contributed by atoms with van der Waals surface area (Å²) in [7, 11) is 0. The lowest BCUT2D eigenvalue weighted by Crippen LogP contribution is -2.60. The van der Waals surface area contributed by atoms with Crippen LogP contribution in [0.15, 0.2) is 85.1 Å². The molecule has 0 aromatic carbocycles. The summed E-state index contributed by atoms with van der Waals surface area (Å²) in [6.45, 7) is 4.21. The number of hydrogen-bond donors (Lipinski definition) is 6. The van der Waals surface area contributed by atoms with Gasteiger partial charge in [0.05, 0.1) is 32.0 Å². The van der Waals surface area contributed by atoms with Crippen LogP contribution in [-0.4, -0.2) is 100 Å². The van der Waals surface area contributed by atoms with Gasteiger partial charge in [-0.3, -0.25) is 9.59 Å². The third-order valence-corrected chi connectivity index (χ3v) is 18.7. The van der Waals surface area contributed by atoms with E-state index in [1.54, 1.807) is 6.08 Å². The maximum absolute atomic E-state index is 13.0. The van der Waals surface area contributed by atoms with Crippen LogP contribution in [0.5, 0.6) is 0 Å². The molecule has 95 heavy (non-hydrogen) atoms. The molecule has 11 heteroatoms. The molecule has 1 aliphatic rings. The predicted octanol–water partition coefficient (Wildman–Crippen LogP) is 22.0. The van der Waals surface area contributed by atoms with Gasteiger partial charge in [-0.1, -0.05) is 330 Å². The number of aliphatic hydroxyl groups is 5. The Morgan fingerprint density at radius 3 is 1.15 bits per heavy atom. The van der Waals surface area contributed by atoms with E-state index in [2.05, 4.69) is 92.1 Å². The third-order valence-electron chi connectivity index (χ3n) is 18.7. The summed E-state index contributed by atoms with van der Waals surface area (Å²) in [5.41, 5.74) is 0. The van der Waals surface area contributed by atoms with Crippen LogP contribution in [0.25, 0.3) is 0 Å². The fourth-order valence-electron chi connectivity index (χ4n) is 12.4. The van der Waals surface area contributed by atoms with Gasteiger partial charge in [0.2, 0.25) is 5.91 Å². The summed E-state index contributed by atoms with van der Waals surface area (Å²) in [5, 5.41) is 54.3. The SMILES string of the molecule is CC/C=C/CC/C=C/CC/C=C/C(O)C(COC1OC(CO)C(O)C(O)C1O)NC(=O)CCCCCCCCCCCCCCCCCCC/C=C\C/C=C\CCCCCCCCCCCCCCCCCOC(=O)CCCCCCCCC/C=C\C/C=C\CCCCCC. The summed E-state index contributed by atoms with van der Waals surface area (Å²) in [5.74, 6) is -0.188. The van der Waals surface area contributed by atoms with Gasteiger partial charge in [-0.2, -0.15) is 0 Å². The number of amides is 1. The van der Waals surface area contributed by atoms with E-state index in [-0.39, 0.29) is 18.5 Å². The number of hydrogen-bond acceptors (Lipinski definition) is 10. The molecule has 7 atom stereocenters. The topological polar surface area (TPSA) is 175 Å². The van der Waals surface area contributed by atoms with Crippen molar-refractivity contribution in [1.82, 2.24) is 5.32 Å². The Morgan fingerprint density at radius 2 is 0.747 bits per heavy atom. The van der Waals surface area contributed by atoms with Crippen molar-refractivity contribution < 1.29 is 49.3 Å². The lowest BCUT2D eigenvalue weighted by atomic mass is 9.99. The fraction of sp³-hybridized carbons (Fsp3) is 0.810. The molecule has 0 bridgehead atoms. The highest BCUT2D eigenvalue weighted by atomic mass is 16.7. The third kappa shape index (κ3) is 60.5. The number of ether oxygens (including phenoxy) is 3. The van der Waals surface area contributed by atoms with Gasteiger partial charge in [0, 0.05) is 12.8 Å². The lowest BCUT2D eigenvalue weighted by molar-refractivity contribution is -0.302. The zero-order valence-corrected chi connectivity index (χ0v) is 61.6. The van der Waals surface area contributed by atoms with E-state index in [1.165, 1.54) is 263 Å². The van der Waals surface area contributed by atoms with Gasteiger partial charge >= 0.3 is 5.97 Å². The van der Waals surface area contributed by atoms with Crippen LogP contribution in [-0.2, 0) is 23.8 Å². The fourth-order valence-corrected chi connectivity index (χ4v) is 12.4. The number of carbonyl (C=O) groups excluding carboxylic acids is 2. The second-order valence-electron chi connectivity index (χ2n) is 27.7. The van der Waals surface area contributed by atoms with Crippen molar-refractivity contribution in [2.45, 2.75) is 416 Å². The molecule has 0 saturated carbocycles. The number of nitrogens with one attached hydrogen (secondary N) is 1. The predicted molar refractivity (Wildman–Crippen MR) is 402 cm³/mol. The van der Waals surface area contributed by atoms with Crippen molar-refractivity contribution >= 4 is 11.9 Å². The molecule has 0 aliphatic carbocycles. The van der Waals surface area contributed by atoms with E-state index in [4.69, 9.17) is 14.2 Å². The molecule has 552 valence electrons. The molecule has 0 aromatic heterocycles. The van der Waals surface area contributed by atoms with E-state index in [1.807, 2.05) is 6.08 Å². The molecule has 1 aliphatic heterocycles. The average Bonchev–Trinajstić information content (AvgIpc) is 0.872. The van der Waals surface area contributed by atoms with Gasteiger partial charge in [0.15, 0.2) is 6.29 Å². The Hall–Kier alpha value is -3.16. The molecule has 0 spiro atoms. The van der Waals surface area contributed by atoms with Gasteiger partial charge in [-0.05, 0) is 116 Å². The van der Waals surface area contributed by atoms with Gasteiger partial charge in [-0.15, -0.1) is 0 Å². The van der Waals surface area contributed by atoms with Gasteiger partial charge in [0.25, 0.3) is 0 Å². The maximum atomic E-state index is 13.0. The van der Waals surface area contributed by atoms with Crippen LogP contribution in [0.4, 0.5) is 0 Å². The Morgan fingerprint density at radius 1 is 0.400 bits per heavy atom. The summed E-state index contributed by atoms with van der Waals surface area (Å²) in [6.07, 6.45) is 90.7. The van der Waals surface area contributed by atoms with Crippen molar-refractivity contribution in [2.24, 2.45) is 0 Å². The standard InChI is InChI=1S/C84H151NO10/c1-3-5-7-9-11-13-15-16-17-18-43-46-49-52-56-60-64-68-72-80(89)93-73-69-65-61-57-53-50-47-44-41-39-37-35-33-31-29-27-25-23-21-19-20-22-24-26-28-30-32-34-36-38-40-42-45-48-51-55-59-63-67-71-79(88)85-76(75-94-84-83(92)82(91)81(90)78(74-86)95-84)77(87)70-66-62-58-54-14-12-10-8-6-4-2/h6,8,13-15,17-20,23,25,54,66,70,76-78,81-84,86-87,90-92H,3-5,7,9-12,16,21-22,24,26-53,55-65,67-69,71-75H2,1-2H3,(H,85,88)/b8-6+,15-13-,18-17-,20-19-,25-23-,54-14+,70-66+. The van der Waals surface area contributed by atoms with Crippen molar-refractivity contribution in [3.05, 3.63) is 85.1 Å². The van der Waals surface area contributed by atoms with Crippen LogP contribution in [0.1, 0.15) is 373 Å². The molecule has 1 heterocycles. The Bertz CT molecular complexity index is 1860. The van der Waals surface area contributed by atoms with Crippen molar-refractivity contribution in [2.75, 3.05) is 19.8 Å². The lowest BCUT2D eigenvalue weighted by Gasteiger charge is -2.40. The highest BCUT2D eigenvalue weighted by Gasteiger charge is 2.44. The Labute approximate surface area is 584 Å². The minimum Gasteiger partial charge on any atom is -0.466 e. The van der Waals surface area contributed by atoms with Crippen LogP contribution < -0.4 is 5.32 Å². The van der Waals surface area contributed by atoms with Crippen LogP contribution in [0.2, 0.25) is 0 Å². The van der Waals surface area contributed by atoms with Crippen molar-refractivity contribution in [3.63, 3.8) is 0 Å². The molecule has 1 saturated heterocycles. The monoisotopic (exact) mass is 1330 g/mol. The normalized spacial score (nSPS) is 17.8. The minimum absolute atomic E-state index is 0.00677. The number of rotatable bonds is 71. The summed E-state index contributed by atoms with van der Waals surface area (Å²) < 4.78 is 16.7. The van der Waals surface area contributed by atoms with Crippen molar-refractivity contribution in [1.29, 1.82) is 0 Å². The zero-order chi connectivity index (χ0) is 68.6. The molecule has 0 radical (unpaired) electrons. The largest absolute Gasteiger partial charge is 0.466 e. The van der Waals surface area contributed by atoms with Gasteiger partial charge in [-0.25, -0.2) is 0 Å². The first-order valence-electron chi connectivity index (χ1n) is 40.4. The average molecular weight is 1340 g/mol. The summed E-state index contributed by atoms with van der Waals surface area (Å²) in [6, 6.07) is -0.833. The molecular formula is C84H151NO10. The second-order valence-corrected chi connectivity index (χ2v) is 27.7. The van der Waals surface area contributed by atoms with Crippen LogP contribution in [0.3, 0.4) is 0 Å². The van der Waals surface area contributed by atoms with Crippen molar-refractivity contribution in [3.8, 4) is 0 Å². The Kier molecular flexibility index (Phi) is 68.2. The first-order chi connectivity index (χ1) is 46.7. The maximum Gasteiger partial charge on any atom is 0.305 e. The van der Waals surface area contributed by atoms with Gasteiger partial charge < -0.3 is 45.1 Å². The highest BCUT2D eigenvalue weighted by Crippen LogP contribution is 2.24. The van der Waals surface area contributed by atoms with Crippen LogP contribution >= 0.6 is 0 Å². The molecule has 0 aromatic rings. The summed E-state index contributed by atoms with van der Waals surface area (Å²) >= 11 is 0. The molecule has 7 unspecified atom stereocenters. The molecule has 6 N–H and O–H groups in total. The quantitative estimate of drug-likeness (QED) is 0.0195. The number of carbonyl (C=O) groups is 2. The first-order valence-corrected chi connectivity index (χ1v) is 40.4. The van der Waals surface area contributed by atoms with Crippen LogP contribution in [0, 0.1) is 0 Å². The number of allylic oxidation sites excluding steroid dienone is 13. The Balaban J connectivity index is 1.87. The molecule has 1 rings (SSSR count). The molecular weight excluding hydrogens is 1180 g/mol. The zero-order valence-electron chi connectivity index (χ0n) is 61.6.